The van der Waals surface area contributed by atoms with Gasteiger partial charge in [0.1, 0.15) is 5.82 Å². The summed E-state index contributed by atoms with van der Waals surface area (Å²) >= 11 is 12.0. The van der Waals surface area contributed by atoms with E-state index in [1.807, 2.05) is 26.0 Å². The SMILES string of the molecule is CC(C)NC(=O)c1ccnc(NCCc2ccc(Cl)cc2Cl)c1. The maximum absolute atomic E-state index is 12.0. The number of carbonyl (C=O) groups is 1. The van der Waals surface area contributed by atoms with Gasteiger partial charge in [-0.2, -0.15) is 0 Å². The molecule has 23 heavy (non-hydrogen) atoms. The highest BCUT2D eigenvalue weighted by molar-refractivity contribution is 6.35. The highest BCUT2D eigenvalue weighted by Gasteiger charge is 2.08. The molecule has 0 atom stereocenters. The van der Waals surface area contributed by atoms with Gasteiger partial charge in [-0.1, -0.05) is 29.3 Å². The molecule has 122 valence electrons. The molecule has 0 fully saturated rings. The Labute approximate surface area is 146 Å². The Morgan fingerprint density at radius 1 is 1.22 bits per heavy atom. The molecule has 2 N–H and O–H groups in total. The smallest absolute Gasteiger partial charge is 0.251 e. The first-order valence-electron chi connectivity index (χ1n) is 7.40. The van der Waals surface area contributed by atoms with E-state index in [4.69, 9.17) is 23.2 Å². The molecular formula is C17H19Cl2N3O. The Morgan fingerprint density at radius 3 is 2.70 bits per heavy atom. The lowest BCUT2D eigenvalue weighted by atomic mass is 10.1. The van der Waals surface area contributed by atoms with Crippen LogP contribution < -0.4 is 10.6 Å². The summed E-state index contributed by atoms with van der Waals surface area (Å²) in [6.07, 6.45) is 2.35. The number of benzene rings is 1. The van der Waals surface area contributed by atoms with E-state index in [-0.39, 0.29) is 11.9 Å². The molecular weight excluding hydrogens is 333 g/mol. The van der Waals surface area contributed by atoms with Gasteiger partial charge in [0.25, 0.3) is 5.91 Å². The lowest BCUT2D eigenvalue weighted by Gasteiger charge is -2.10. The van der Waals surface area contributed by atoms with Gasteiger partial charge >= 0.3 is 0 Å². The number of nitrogens with one attached hydrogen (secondary N) is 2. The van der Waals surface area contributed by atoms with Gasteiger partial charge in [0.15, 0.2) is 0 Å². The third-order valence-corrected chi connectivity index (χ3v) is 3.74. The molecule has 0 spiro atoms. The number of anilines is 1. The van der Waals surface area contributed by atoms with E-state index in [1.165, 1.54) is 0 Å². The fraction of sp³-hybridized carbons (Fsp3) is 0.294. The summed E-state index contributed by atoms with van der Waals surface area (Å²) in [5, 5.41) is 7.33. The van der Waals surface area contributed by atoms with E-state index in [2.05, 4.69) is 15.6 Å². The highest BCUT2D eigenvalue weighted by atomic mass is 35.5. The third kappa shape index (κ3) is 5.41. The van der Waals surface area contributed by atoms with Gasteiger partial charge in [-0.15, -0.1) is 0 Å². The van der Waals surface area contributed by atoms with E-state index in [9.17, 15) is 4.79 Å². The second kappa shape index (κ2) is 8.18. The maximum atomic E-state index is 12.0. The average Bonchev–Trinajstić information content (AvgIpc) is 2.49. The number of carbonyl (C=O) groups excluding carboxylic acids is 1. The molecule has 0 bridgehead atoms. The Bertz CT molecular complexity index is 689. The largest absolute Gasteiger partial charge is 0.370 e. The van der Waals surface area contributed by atoms with E-state index in [0.29, 0.717) is 28.0 Å². The Kier molecular flexibility index (Phi) is 6.25. The van der Waals surface area contributed by atoms with E-state index >= 15 is 0 Å². The summed E-state index contributed by atoms with van der Waals surface area (Å²) in [6.45, 7) is 4.51. The number of aromatic nitrogens is 1. The quantitative estimate of drug-likeness (QED) is 0.820. The van der Waals surface area contributed by atoms with Crippen LogP contribution in [0.5, 0.6) is 0 Å². The normalized spacial score (nSPS) is 10.7. The van der Waals surface area contributed by atoms with Crippen molar-refractivity contribution in [3.05, 3.63) is 57.7 Å². The van der Waals surface area contributed by atoms with Gasteiger partial charge < -0.3 is 10.6 Å². The summed E-state index contributed by atoms with van der Waals surface area (Å²) in [5.74, 6) is 0.553. The van der Waals surface area contributed by atoms with Crippen LogP contribution in [0, 0.1) is 0 Å². The fourth-order valence-corrected chi connectivity index (χ4v) is 2.57. The van der Waals surface area contributed by atoms with Crippen LogP contribution in [-0.4, -0.2) is 23.5 Å². The van der Waals surface area contributed by atoms with Crippen LogP contribution in [0.2, 0.25) is 10.0 Å². The van der Waals surface area contributed by atoms with Crippen LogP contribution in [0.15, 0.2) is 36.5 Å². The van der Waals surface area contributed by atoms with Crippen molar-refractivity contribution in [1.82, 2.24) is 10.3 Å². The number of hydrogen-bond acceptors (Lipinski definition) is 3. The molecule has 0 aliphatic heterocycles. The molecule has 2 rings (SSSR count). The first kappa shape index (κ1) is 17.6. The van der Waals surface area contributed by atoms with Crippen LogP contribution >= 0.6 is 23.2 Å². The third-order valence-electron chi connectivity index (χ3n) is 3.16. The molecule has 4 nitrogen and oxygen atoms in total. The van der Waals surface area contributed by atoms with Crippen molar-refractivity contribution in [3.8, 4) is 0 Å². The van der Waals surface area contributed by atoms with E-state index < -0.39 is 0 Å². The number of pyridine rings is 1. The lowest BCUT2D eigenvalue weighted by Crippen LogP contribution is -2.30. The van der Waals surface area contributed by atoms with Crippen molar-refractivity contribution >= 4 is 34.9 Å². The minimum Gasteiger partial charge on any atom is -0.370 e. The Morgan fingerprint density at radius 2 is 2.00 bits per heavy atom. The highest BCUT2D eigenvalue weighted by Crippen LogP contribution is 2.21. The van der Waals surface area contributed by atoms with Gasteiger partial charge in [0, 0.05) is 34.4 Å². The predicted molar refractivity (Wildman–Crippen MR) is 95.5 cm³/mol. The van der Waals surface area contributed by atoms with E-state index in [0.717, 1.165) is 12.0 Å². The first-order chi connectivity index (χ1) is 11.0. The first-order valence-corrected chi connectivity index (χ1v) is 8.16. The second-order valence-electron chi connectivity index (χ2n) is 5.47. The predicted octanol–water partition coefficient (Wildman–Crippen LogP) is 4.18. The molecule has 1 aromatic carbocycles. The van der Waals surface area contributed by atoms with Crippen molar-refractivity contribution in [2.75, 3.05) is 11.9 Å². The minimum absolute atomic E-state index is 0.0964. The summed E-state index contributed by atoms with van der Waals surface area (Å²) < 4.78 is 0. The zero-order chi connectivity index (χ0) is 16.8. The molecule has 0 unspecified atom stereocenters. The van der Waals surface area contributed by atoms with Gasteiger partial charge in [-0.25, -0.2) is 4.98 Å². The van der Waals surface area contributed by atoms with Gasteiger partial charge in [0.05, 0.1) is 0 Å². The van der Waals surface area contributed by atoms with Crippen LogP contribution in [0.4, 0.5) is 5.82 Å². The van der Waals surface area contributed by atoms with Crippen molar-refractivity contribution in [2.45, 2.75) is 26.3 Å². The topological polar surface area (TPSA) is 54.0 Å². The molecule has 6 heteroatoms. The Balaban J connectivity index is 1.94. The second-order valence-corrected chi connectivity index (χ2v) is 6.31. The lowest BCUT2D eigenvalue weighted by molar-refractivity contribution is 0.0943. The maximum Gasteiger partial charge on any atom is 0.251 e. The molecule has 0 aliphatic carbocycles. The monoisotopic (exact) mass is 351 g/mol. The molecule has 2 aromatic rings. The number of nitrogens with zero attached hydrogens (tertiary/aromatic N) is 1. The standard InChI is InChI=1S/C17H19Cl2N3O/c1-11(2)22-17(23)13-6-8-21-16(9-13)20-7-5-12-3-4-14(18)10-15(12)19/h3-4,6,8-11H,5,7H2,1-2H3,(H,20,21)(H,22,23). The van der Waals surface area contributed by atoms with Crippen molar-refractivity contribution < 1.29 is 4.79 Å². The zero-order valence-corrected chi connectivity index (χ0v) is 14.6. The number of hydrogen-bond donors (Lipinski definition) is 2. The van der Waals surface area contributed by atoms with Crippen molar-refractivity contribution in [1.29, 1.82) is 0 Å². The Hall–Kier alpha value is -1.78. The molecule has 1 amide bonds. The van der Waals surface area contributed by atoms with Gasteiger partial charge in [0.2, 0.25) is 0 Å². The molecule has 0 saturated carbocycles. The molecule has 1 heterocycles. The van der Waals surface area contributed by atoms with Crippen LogP contribution in [0.1, 0.15) is 29.8 Å². The summed E-state index contributed by atoms with van der Waals surface area (Å²) in [7, 11) is 0. The zero-order valence-electron chi connectivity index (χ0n) is 13.1. The molecule has 0 aliphatic rings. The molecule has 0 radical (unpaired) electrons. The van der Waals surface area contributed by atoms with Crippen molar-refractivity contribution in [3.63, 3.8) is 0 Å². The minimum atomic E-state index is -0.105. The summed E-state index contributed by atoms with van der Waals surface area (Å²) in [6, 6.07) is 8.98. The van der Waals surface area contributed by atoms with Gasteiger partial charge in [-0.05, 0) is 50.1 Å². The van der Waals surface area contributed by atoms with Crippen molar-refractivity contribution in [2.24, 2.45) is 0 Å². The fourth-order valence-electron chi connectivity index (χ4n) is 2.06. The van der Waals surface area contributed by atoms with E-state index in [1.54, 1.807) is 24.4 Å². The number of rotatable bonds is 6. The molecule has 1 aromatic heterocycles. The van der Waals surface area contributed by atoms with Crippen LogP contribution in [-0.2, 0) is 6.42 Å². The van der Waals surface area contributed by atoms with Crippen LogP contribution in [0.25, 0.3) is 0 Å². The average molecular weight is 352 g/mol. The summed E-state index contributed by atoms with van der Waals surface area (Å²) in [5.41, 5.74) is 1.60. The summed E-state index contributed by atoms with van der Waals surface area (Å²) in [4.78, 5) is 16.2. The molecule has 0 saturated heterocycles. The van der Waals surface area contributed by atoms with Gasteiger partial charge in [-0.3, -0.25) is 4.79 Å². The number of amides is 1. The number of halogens is 2. The van der Waals surface area contributed by atoms with Crippen LogP contribution in [0.3, 0.4) is 0 Å².